The van der Waals surface area contributed by atoms with Crippen molar-refractivity contribution in [1.82, 2.24) is 4.98 Å². The Bertz CT molecular complexity index is 519. The first-order chi connectivity index (χ1) is 9.30. The monoisotopic (exact) mass is 350 g/mol. The number of ketones is 1. The summed E-state index contributed by atoms with van der Waals surface area (Å²) in [6.45, 7) is 1.83. The number of carbonyl (C=O) groups excluding carboxylic acids is 1. The summed E-state index contributed by atoms with van der Waals surface area (Å²) in [5.41, 5.74) is -0.806. The summed E-state index contributed by atoms with van der Waals surface area (Å²) in [5, 5.41) is 0. The maximum Gasteiger partial charge on any atom is 0.419 e. The van der Waals surface area contributed by atoms with Crippen LogP contribution in [0.25, 0.3) is 0 Å². The van der Waals surface area contributed by atoms with Crippen LogP contribution in [0.4, 0.5) is 19.0 Å². The second kappa shape index (κ2) is 5.71. The number of halogens is 4. The van der Waals surface area contributed by atoms with E-state index in [-0.39, 0.29) is 16.1 Å². The lowest BCUT2D eigenvalue weighted by Crippen LogP contribution is -2.45. The van der Waals surface area contributed by atoms with Crippen molar-refractivity contribution < 1.29 is 18.0 Å². The molecule has 2 heterocycles. The second-order valence-electron chi connectivity index (χ2n) is 4.84. The third-order valence-electron chi connectivity index (χ3n) is 3.38. The van der Waals surface area contributed by atoms with Crippen molar-refractivity contribution in [2.45, 2.75) is 38.4 Å². The van der Waals surface area contributed by atoms with Crippen LogP contribution >= 0.6 is 15.9 Å². The maximum atomic E-state index is 13.1. The lowest BCUT2D eigenvalue weighted by Gasteiger charge is -2.36. The van der Waals surface area contributed by atoms with E-state index in [9.17, 15) is 18.0 Å². The molecule has 0 saturated carbocycles. The number of alkyl halides is 3. The molecule has 1 aliphatic rings. The summed E-state index contributed by atoms with van der Waals surface area (Å²) in [7, 11) is 0. The minimum Gasteiger partial charge on any atom is -0.346 e. The van der Waals surface area contributed by atoms with Gasteiger partial charge in [0, 0.05) is 17.2 Å². The number of Topliss-reactive ketones (excluding diaryl/α,β-unsaturated/α-hetero) is 1. The van der Waals surface area contributed by atoms with Gasteiger partial charge in [-0.2, -0.15) is 13.2 Å². The maximum absolute atomic E-state index is 13.1. The number of pyridine rings is 1. The molecule has 20 heavy (non-hydrogen) atoms. The fraction of sp³-hybridized carbons (Fsp3) is 0.538. The average molecular weight is 351 g/mol. The predicted octanol–water partition coefficient (Wildman–Crippen LogP) is 3.81. The predicted molar refractivity (Wildman–Crippen MR) is 72.6 cm³/mol. The Morgan fingerprint density at radius 1 is 1.45 bits per heavy atom. The molecular formula is C13H14BrF3N2O. The Kier molecular flexibility index (Phi) is 4.36. The van der Waals surface area contributed by atoms with Crippen molar-refractivity contribution in [3.05, 3.63) is 22.3 Å². The molecule has 0 aliphatic carbocycles. The van der Waals surface area contributed by atoms with Crippen LogP contribution in [0, 0.1) is 0 Å². The fourth-order valence-corrected chi connectivity index (χ4v) is 2.81. The van der Waals surface area contributed by atoms with Crippen LogP contribution in [0.15, 0.2) is 16.7 Å². The van der Waals surface area contributed by atoms with E-state index in [0.29, 0.717) is 13.0 Å². The molecule has 110 valence electrons. The Morgan fingerprint density at radius 3 is 2.75 bits per heavy atom. The SMILES string of the molecule is CC(=O)C1CCCCN1c1ncc(Br)cc1C(F)(F)F. The molecule has 0 radical (unpaired) electrons. The van der Waals surface area contributed by atoms with Crippen molar-refractivity contribution in [2.24, 2.45) is 0 Å². The highest BCUT2D eigenvalue weighted by atomic mass is 79.9. The molecule has 0 amide bonds. The summed E-state index contributed by atoms with van der Waals surface area (Å²) in [6.07, 6.45) is -0.983. The molecular weight excluding hydrogens is 337 g/mol. The molecule has 0 bridgehead atoms. The number of hydrogen-bond donors (Lipinski definition) is 0. The van der Waals surface area contributed by atoms with Crippen LogP contribution in [-0.2, 0) is 11.0 Å². The van der Waals surface area contributed by atoms with Crippen molar-refractivity contribution >= 4 is 27.5 Å². The summed E-state index contributed by atoms with van der Waals surface area (Å²) in [4.78, 5) is 17.0. The summed E-state index contributed by atoms with van der Waals surface area (Å²) in [5.74, 6) is -0.275. The van der Waals surface area contributed by atoms with E-state index in [4.69, 9.17) is 0 Å². The van der Waals surface area contributed by atoms with Gasteiger partial charge in [-0.05, 0) is 48.2 Å². The highest BCUT2D eigenvalue weighted by molar-refractivity contribution is 9.10. The normalized spacial score (nSPS) is 20.1. The lowest BCUT2D eigenvalue weighted by molar-refractivity contribution is -0.137. The lowest BCUT2D eigenvalue weighted by atomic mass is 9.98. The van der Waals surface area contributed by atoms with E-state index < -0.39 is 17.8 Å². The molecule has 3 nitrogen and oxygen atoms in total. The van der Waals surface area contributed by atoms with Gasteiger partial charge in [-0.3, -0.25) is 4.79 Å². The second-order valence-corrected chi connectivity index (χ2v) is 5.75. The van der Waals surface area contributed by atoms with Gasteiger partial charge in [-0.25, -0.2) is 4.98 Å². The quantitative estimate of drug-likeness (QED) is 0.813. The zero-order chi connectivity index (χ0) is 14.9. The Morgan fingerprint density at radius 2 is 2.15 bits per heavy atom. The van der Waals surface area contributed by atoms with Gasteiger partial charge in [0.1, 0.15) is 5.82 Å². The Hall–Kier alpha value is -1.11. The highest BCUT2D eigenvalue weighted by Gasteiger charge is 2.38. The van der Waals surface area contributed by atoms with Gasteiger partial charge in [0.2, 0.25) is 0 Å². The van der Waals surface area contributed by atoms with Gasteiger partial charge in [0.05, 0.1) is 11.6 Å². The number of carbonyl (C=O) groups is 1. The summed E-state index contributed by atoms with van der Waals surface area (Å²) < 4.78 is 39.7. The minimum atomic E-state index is -4.50. The zero-order valence-electron chi connectivity index (χ0n) is 10.9. The number of hydrogen-bond acceptors (Lipinski definition) is 3. The van der Waals surface area contributed by atoms with Gasteiger partial charge in [0.25, 0.3) is 0 Å². The zero-order valence-corrected chi connectivity index (χ0v) is 12.5. The third-order valence-corrected chi connectivity index (χ3v) is 3.82. The van der Waals surface area contributed by atoms with Crippen LogP contribution < -0.4 is 4.90 Å². The van der Waals surface area contributed by atoms with Crippen LogP contribution in [0.1, 0.15) is 31.7 Å². The van der Waals surface area contributed by atoms with Gasteiger partial charge < -0.3 is 4.90 Å². The van der Waals surface area contributed by atoms with Crippen LogP contribution in [0.3, 0.4) is 0 Å². The molecule has 0 N–H and O–H groups in total. The molecule has 1 saturated heterocycles. The van der Waals surface area contributed by atoms with Crippen molar-refractivity contribution in [2.75, 3.05) is 11.4 Å². The van der Waals surface area contributed by atoms with Crippen molar-refractivity contribution in [3.63, 3.8) is 0 Å². The first kappa shape index (κ1) is 15.3. The first-order valence-electron chi connectivity index (χ1n) is 6.30. The van der Waals surface area contributed by atoms with E-state index in [1.54, 1.807) is 0 Å². The van der Waals surface area contributed by atoms with Crippen LogP contribution in [0.2, 0.25) is 0 Å². The molecule has 1 aromatic rings. The van der Waals surface area contributed by atoms with E-state index in [2.05, 4.69) is 20.9 Å². The number of aromatic nitrogens is 1. The standard InChI is InChI=1S/C13H14BrF3N2O/c1-8(20)11-4-2-3-5-19(11)12-10(13(15,16)17)6-9(14)7-18-12/h6-7,11H,2-5H2,1H3. The molecule has 1 aromatic heterocycles. The molecule has 7 heteroatoms. The van der Waals surface area contributed by atoms with Crippen molar-refractivity contribution in [1.29, 1.82) is 0 Å². The van der Waals surface area contributed by atoms with Gasteiger partial charge in [-0.15, -0.1) is 0 Å². The van der Waals surface area contributed by atoms with E-state index in [1.807, 2.05) is 0 Å². The number of nitrogens with zero attached hydrogens (tertiary/aromatic N) is 2. The molecule has 1 unspecified atom stereocenters. The largest absolute Gasteiger partial charge is 0.419 e. The minimum absolute atomic E-state index is 0.123. The van der Waals surface area contributed by atoms with Crippen LogP contribution in [0.5, 0.6) is 0 Å². The van der Waals surface area contributed by atoms with E-state index >= 15 is 0 Å². The third kappa shape index (κ3) is 3.13. The van der Waals surface area contributed by atoms with Crippen molar-refractivity contribution in [3.8, 4) is 0 Å². The Labute approximate surface area is 123 Å². The summed E-state index contributed by atoms with van der Waals surface area (Å²) in [6, 6.07) is 0.493. The van der Waals surface area contributed by atoms with E-state index in [0.717, 1.165) is 18.9 Å². The average Bonchev–Trinajstić information content (AvgIpc) is 2.37. The Balaban J connectivity index is 2.47. The number of piperidine rings is 1. The number of anilines is 1. The van der Waals surface area contributed by atoms with E-state index in [1.165, 1.54) is 18.0 Å². The van der Waals surface area contributed by atoms with Gasteiger partial charge in [-0.1, -0.05) is 0 Å². The molecule has 1 atom stereocenters. The molecule has 1 fully saturated rings. The first-order valence-corrected chi connectivity index (χ1v) is 7.10. The van der Waals surface area contributed by atoms with Gasteiger partial charge in [0.15, 0.2) is 5.78 Å². The fourth-order valence-electron chi connectivity index (χ4n) is 2.48. The number of rotatable bonds is 2. The highest BCUT2D eigenvalue weighted by Crippen LogP contribution is 2.38. The molecule has 1 aliphatic heterocycles. The molecule has 0 spiro atoms. The van der Waals surface area contributed by atoms with Crippen LogP contribution in [-0.4, -0.2) is 23.4 Å². The molecule has 2 rings (SSSR count). The summed E-state index contributed by atoms with van der Waals surface area (Å²) >= 11 is 3.01. The smallest absolute Gasteiger partial charge is 0.346 e. The topological polar surface area (TPSA) is 33.2 Å². The van der Waals surface area contributed by atoms with Gasteiger partial charge >= 0.3 is 6.18 Å². The molecule has 0 aromatic carbocycles.